The highest BCUT2D eigenvalue weighted by Gasteiger charge is 2.47. The number of hydrogen-bond donors (Lipinski definition) is 0. The smallest absolute Gasteiger partial charge is 0.135 e. The zero-order valence-electron chi connectivity index (χ0n) is 8.60. The van der Waals surface area contributed by atoms with Gasteiger partial charge < -0.3 is 4.74 Å². The van der Waals surface area contributed by atoms with Crippen molar-refractivity contribution in [2.45, 2.75) is 52.2 Å². The maximum Gasteiger partial charge on any atom is 0.135 e. The first kappa shape index (κ1) is 9.72. The molecule has 12 heavy (non-hydrogen) atoms. The summed E-state index contributed by atoms with van der Waals surface area (Å²) >= 11 is 0. The van der Waals surface area contributed by atoms with Crippen LogP contribution in [0.25, 0.3) is 0 Å². The summed E-state index contributed by atoms with van der Waals surface area (Å²) in [5.41, 5.74) is -0.421. The molecule has 2 heteroatoms. The van der Waals surface area contributed by atoms with Crippen LogP contribution < -0.4 is 0 Å². The molecule has 2 nitrogen and oxygen atoms in total. The highest BCUT2D eigenvalue weighted by molar-refractivity contribution is 5.80. The van der Waals surface area contributed by atoms with E-state index in [1.165, 1.54) is 0 Å². The molecule has 1 aliphatic heterocycles. The lowest BCUT2D eigenvalue weighted by Crippen LogP contribution is -2.32. The Morgan fingerprint density at radius 2 is 1.83 bits per heavy atom. The molecule has 1 heterocycles. The highest BCUT2D eigenvalue weighted by Crippen LogP contribution is 2.42. The van der Waals surface area contributed by atoms with E-state index in [-0.39, 0.29) is 22.9 Å². The predicted octanol–water partition coefficient (Wildman–Crippen LogP) is 2.17. The number of carbonyl (C=O) groups excluding carboxylic acids is 1. The molecule has 1 rings (SSSR count). The lowest BCUT2D eigenvalue weighted by molar-refractivity contribution is -0.127. The number of carbonyl (C=O) groups is 1. The molecule has 1 atom stereocenters. The minimum absolute atomic E-state index is 0.0625. The molecule has 0 amide bonds. The van der Waals surface area contributed by atoms with Crippen LogP contribution >= 0.6 is 0 Å². The lowest BCUT2D eigenvalue weighted by Gasteiger charge is -2.25. The van der Waals surface area contributed by atoms with Gasteiger partial charge >= 0.3 is 0 Å². The molecule has 0 radical (unpaired) electrons. The van der Waals surface area contributed by atoms with Gasteiger partial charge in [-0.2, -0.15) is 0 Å². The molecule has 0 aromatic rings. The van der Waals surface area contributed by atoms with Crippen molar-refractivity contribution >= 4 is 5.78 Å². The predicted molar refractivity (Wildman–Crippen MR) is 48.0 cm³/mol. The molecule has 1 fully saturated rings. The van der Waals surface area contributed by atoms with Crippen molar-refractivity contribution in [1.29, 1.82) is 0 Å². The Morgan fingerprint density at radius 1 is 1.33 bits per heavy atom. The van der Waals surface area contributed by atoms with E-state index in [4.69, 9.17) is 4.74 Å². The monoisotopic (exact) mass is 170 g/mol. The topological polar surface area (TPSA) is 26.3 Å². The molecular formula is C10H18O2. The van der Waals surface area contributed by atoms with Crippen LogP contribution in [0.5, 0.6) is 0 Å². The molecule has 0 aromatic carbocycles. The van der Waals surface area contributed by atoms with Crippen LogP contribution in [-0.4, -0.2) is 17.0 Å². The van der Waals surface area contributed by atoms with Crippen LogP contribution in [0.3, 0.4) is 0 Å². The van der Waals surface area contributed by atoms with Gasteiger partial charge in [0.25, 0.3) is 0 Å². The van der Waals surface area contributed by atoms with Gasteiger partial charge in [-0.15, -0.1) is 0 Å². The van der Waals surface area contributed by atoms with Crippen LogP contribution in [0.15, 0.2) is 0 Å². The molecule has 0 spiro atoms. The Bertz CT molecular complexity index is 204. The molecule has 1 unspecified atom stereocenters. The molecular weight excluding hydrogens is 152 g/mol. The number of Topliss-reactive ketones (excluding diaryl/α,β-unsaturated/α-hetero) is 1. The molecule has 0 saturated carbocycles. The molecule has 70 valence electrons. The first-order valence-corrected chi connectivity index (χ1v) is 4.45. The molecule has 0 aliphatic carbocycles. The molecule has 1 saturated heterocycles. The summed E-state index contributed by atoms with van der Waals surface area (Å²) in [6.45, 7) is 9.72. The Kier molecular flexibility index (Phi) is 2.07. The van der Waals surface area contributed by atoms with Crippen LogP contribution in [0.2, 0.25) is 0 Å². The van der Waals surface area contributed by atoms with E-state index in [2.05, 4.69) is 0 Å². The summed E-state index contributed by atoms with van der Waals surface area (Å²) in [4.78, 5) is 11.3. The van der Waals surface area contributed by atoms with Gasteiger partial charge in [-0.3, -0.25) is 4.79 Å². The molecule has 0 aromatic heterocycles. The van der Waals surface area contributed by atoms with Crippen LogP contribution in [0, 0.1) is 5.92 Å². The minimum Gasteiger partial charge on any atom is -0.369 e. The third-order valence-corrected chi connectivity index (χ3v) is 2.56. The van der Waals surface area contributed by atoms with Crippen LogP contribution in [0.1, 0.15) is 41.0 Å². The van der Waals surface area contributed by atoms with E-state index in [1.54, 1.807) is 6.92 Å². The van der Waals surface area contributed by atoms with Gasteiger partial charge in [0.05, 0.1) is 11.2 Å². The molecule has 0 N–H and O–H groups in total. The van der Waals surface area contributed by atoms with E-state index in [0.29, 0.717) is 0 Å². The fourth-order valence-electron chi connectivity index (χ4n) is 2.20. The number of hydrogen-bond acceptors (Lipinski definition) is 2. The zero-order chi connectivity index (χ0) is 9.57. The van der Waals surface area contributed by atoms with E-state index < -0.39 is 0 Å². The minimum atomic E-state index is -0.282. The summed E-state index contributed by atoms with van der Waals surface area (Å²) in [6, 6.07) is 0. The van der Waals surface area contributed by atoms with Gasteiger partial charge in [0.1, 0.15) is 5.78 Å². The van der Waals surface area contributed by atoms with Crippen molar-refractivity contribution in [3.63, 3.8) is 0 Å². The summed E-state index contributed by atoms with van der Waals surface area (Å²) in [7, 11) is 0. The first-order chi connectivity index (χ1) is 5.25. The van der Waals surface area contributed by atoms with Gasteiger partial charge in [0.2, 0.25) is 0 Å². The maximum absolute atomic E-state index is 11.3. The van der Waals surface area contributed by atoms with Crippen LogP contribution in [0.4, 0.5) is 0 Å². The Morgan fingerprint density at radius 3 is 2.00 bits per heavy atom. The highest BCUT2D eigenvalue weighted by atomic mass is 16.5. The average molecular weight is 170 g/mol. The van der Waals surface area contributed by atoms with Gasteiger partial charge in [-0.25, -0.2) is 0 Å². The van der Waals surface area contributed by atoms with Crippen molar-refractivity contribution in [3.8, 4) is 0 Å². The van der Waals surface area contributed by atoms with Crippen molar-refractivity contribution in [2.75, 3.05) is 0 Å². The van der Waals surface area contributed by atoms with Crippen molar-refractivity contribution in [3.05, 3.63) is 0 Å². The van der Waals surface area contributed by atoms with Crippen molar-refractivity contribution < 1.29 is 9.53 Å². The fraction of sp³-hybridized carbons (Fsp3) is 0.900. The zero-order valence-corrected chi connectivity index (χ0v) is 8.60. The van der Waals surface area contributed by atoms with Crippen molar-refractivity contribution in [1.82, 2.24) is 0 Å². The van der Waals surface area contributed by atoms with Crippen molar-refractivity contribution in [2.24, 2.45) is 5.92 Å². The van der Waals surface area contributed by atoms with E-state index >= 15 is 0 Å². The average Bonchev–Trinajstić information content (AvgIpc) is 1.99. The van der Waals surface area contributed by atoms with Gasteiger partial charge in [0.15, 0.2) is 0 Å². The number of ether oxygens (including phenoxy) is 1. The summed E-state index contributed by atoms with van der Waals surface area (Å²) in [5.74, 6) is 0.304. The van der Waals surface area contributed by atoms with E-state index in [1.807, 2.05) is 27.7 Å². The third kappa shape index (κ3) is 1.69. The third-order valence-electron chi connectivity index (χ3n) is 2.56. The lowest BCUT2D eigenvalue weighted by atomic mass is 9.85. The van der Waals surface area contributed by atoms with E-state index in [9.17, 15) is 4.79 Å². The SMILES string of the molecule is CC(=O)C1CC(C)(C)OC1(C)C. The first-order valence-electron chi connectivity index (χ1n) is 4.45. The standard InChI is InChI=1S/C10H18O2/c1-7(11)8-6-9(2,3)12-10(8,4)5/h8H,6H2,1-5H3. The second-order valence-corrected chi connectivity index (χ2v) is 4.83. The Labute approximate surface area is 74.3 Å². The number of ketones is 1. The molecule has 0 bridgehead atoms. The largest absolute Gasteiger partial charge is 0.369 e. The summed E-state index contributed by atoms with van der Waals surface area (Å²) < 4.78 is 5.79. The Hall–Kier alpha value is -0.370. The van der Waals surface area contributed by atoms with Gasteiger partial charge in [-0.05, 0) is 41.0 Å². The van der Waals surface area contributed by atoms with Crippen LogP contribution in [-0.2, 0) is 9.53 Å². The number of rotatable bonds is 1. The summed E-state index contributed by atoms with van der Waals surface area (Å²) in [5, 5.41) is 0. The quantitative estimate of drug-likeness (QED) is 0.603. The fourth-order valence-corrected chi connectivity index (χ4v) is 2.20. The second kappa shape index (κ2) is 2.56. The second-order valence-electron chi connectivity index (χ2n) is 4.83. The summed E-state index contributed by atoms with van der Waals surface area (Å²) in [6.07, 6.45) is 0.843. The molecule has 1 aliphatic rings. The normalized spacial score (nSPS) is 31.9. The van der Waals surface area contributed by atoms with Gasteiger partial charge in [0, 0.05) is 5.92 Å². The van der Waals surface area contributed by atoms with E-state index in [0.717, 1.165) is 6.42 Å². The maximum atomic E-state index is 11.3. The van der Waals surface area contributed by atoms with Gasteiger partial charge in [-0.1, -0.05) is 0 Å². The Balaban J connectivity index is 2.85.